The molecule has 2 heteroatoms. The first kappa shape index (κ1) is 16.4. The predicted molar refractivity (Wildman–Crippen MR) is 90.0 cm³/mol. The Kier molecular flexibility index (Phi) is 4.67. The Hall–Kier alpha value is -1.02. The summed E-state index contributed by atoms with van der Waals surface area (Å²) in [6.07, 6.45) is 1.17. The van der Waals surface area contributed by atoms with Crippen molar-refractivity contribution >= 4 is 0 Å². The van der Waals surface area contributed by atoms with Crippen LogP contribution in [-0.2, 0) is 0 Å². The van der Waals surface area contributed by atoms with Gasteiger partial charge in [0.15, 0.2) is 0 Å². The molecule has 1 N–H and O–H groups in total. The van der Waals surface area contributed by atoms with Crippen LogP contribution in [0.25, 0.3) is 0 Å². The molecule has 0 amide bonds. The normalized spacial score (nSPS) is 21.0. The van der Waals surface area contributed by atoms with E-state index in [9.17, 15) is 0 Å². The lowest BCUT2D eigenvalue weighted by molar-refractivity contribution is 0.152. The van der Waals surface area contributed by atoms with Crippen LogP contribution in [0.5, 0.6) is 5.75 Å². The predicted octanol–water partition coefficient (Wildman–Crippen LogP) is 4.60. The average molecular weight is 289 g/mol. The zero-order valence-electron chi connectivity index (χ0n) is 14.5. The Morgan fingerprint density at radius 2 is 1.86 bits per heavy atom. The van der Waals surface area contributed by atoms with Gasteiger partial charge in [-0.1, -0.05) is 39.0 Å². The molecule has 0 bridgehead atoms. The largest absolute Gasteiger partial charge is 0.493 e. The van der Waals surface area contributed by atoms with Crippen molar-refractivity contribution in [1.82, 2.24) is 5.32 Å². The summed E-state index contributed by atoms with van der Waals surface area (Å²) in [6, 6.07) is 8.50. The van der Waals surface area contributed by atoms with Crippen LogP contribution in [0.2, 0.25) is 0 Å². The van der Waals surface area contributed by atoms with Crippen molar-refractivity contribution in [2.45, 2.75) is 59.4 Å². The number of hydrogen-bond donors (Lipinski definition) is 1. The third-order valence-electron chi connectivity index (χ3n) is 4.93. The molecule has 1 aliphatic rings. The maximum Gasteiger partial charge on any atom is 0.122 e. The van der Waals surface area contributed by atoms with E-state index in [4.69, 9.17) is 4.74 Å². The van der Waals surface area contributed by atoms with Gasteiger partial charge < -0.3 is 10.1 Å². The van der Waals surface area contributed by atoms with Gasteiger partial charge >= 0.3 is 0 Å². The number of rotatable bonds is 5. The maximum atomic E-state index is 5.86. The smallest absolute Gasteiger partial charge is 0.122 e. The minimum absolute atomic E-state index is 0.167. The van der Waals surface area contributed by atoms with E-state index >= 15 is 0 Å². The van der Waals surface area contributed by atoms with Crippen LogP contribution in [0.3, 0.4) is 0 Å². The van der Waals surface area contributed by atoms with Crippen molar-refractivity contribution in [3.63, 3.8) is 0 Å². The van der Waals surface area contributed by atoms with Gasteiger partial charge in [-0.05, 0) is 44.6 Å². The summed E-state index contributed by atoms with van der Waals surface area (Å²) in [5.41, 5.74) is 1.83. The molecule has 0 saturated carbocycles. The van der Waals surface area contributed by atoms with Gasteiger partial charge in [-0.25, -0.2) is 0 Å². The third kappa shape index (κ3) is 4.00. The molecule has 0 aliphatic carbocycles. The fourth-order valence-electron chi connectivity index (χ4n) is 2.94. The van der Waals surface area contributed by atoms with Crippen molar-refractivity contribution in [2.75, 3.05) is 13.2 Å². The topological polar surface area (TPSA) is 21.3 Å². The second-order valence-corrected chi connectivity index (χ2v) is 8.16. The van der Waals surface area contributed by atoms with Crippen molar-refractivity contribution in [3.8, 4) is 5.75 Å². The summed E-state index contributed by atoms with van der Waals surface area (Å²) in [5, 5.41) is 3.70. The summed E-state index contributed by atoms with van der Waals surface area (Å²) in [7, 11) is 0. The van der Waals surface area contributed by atoms with Crippen LogP contribution in [-0.4, -0.2) is 18.7 Å². The molecule has 1 heterocycles. The van der Waals surface area contributed by atoms with E-state index in [2.05, 4.69) is 71.1 Å². The molecular weight excluding hydrogens is 258 g/mol. The fourth-order valence-corrected chi connectivity index (χ4v) is 2.94. The van der Waals surface area contributed by atoms with Crippen molar-refractivity contribution in [1.29, 1.82) is 0 Å². The van der Waals surface area contributed by atoms with E-state index in [1.165, 1.54) is 12.0 Å². The molecule has 1 aromatic carbocycles. The lowest BCUT2D eigenvalue weighted by Crippen LogP contribution is -2.45. The van der Waals surface area contributed by atoms with E-state index in [0.29, 0.717) is 11.8 Å². The molecule has 2 unspecified atom stereocenters. The van der Waals surface area contributed by atoms with Crippen LogP contribution in [0.15, 0.2) is 24.3 Å². The summed E-state index contributed by atoms with van der Waals surface area (Å²) in [4.78, 5) is 0. The van der Waals surface area contributed by atoms with Gasteiger partial charge in [0, 0.05) is 23.6 Å². The zero-order chi connectivity index (χ0) is 15.7. The van der Waals surface area contributed by atoms with Crippen LogP contribution in [0.1, 0.15) is 59.4 Å². The molecule has 118 valence electrons. The molecule has 2 rings (SSSR count). The first-order chi connectivity index (χ1) is 9.71. The minimum atomic E-state index is 0.167. The molecule has 0 fully saturated rings. The first-order valence-corrected chi connectivity index (χ1v) is 8.18. The van der Waals surface area contributed by atoms with Gasteiger partial charge in [0.2, 0.25) is 0 Å². The zero-order valence-corrected chi connectivity index (χ0v) is 14.5. The SMILES string of the molecule is CC(C)C(C)(CNC(C)(C)C)CC1COc2ccccc21. The van der Waals surface area contributed by atoms with Crippen LogP contribution in [0.4, 0.5) is 0 Å². The number of benzene rings is 1. The maximum absolute atomic E-state index is 5.86. The number of ether oxygens (including phenoxy) is 1. The highest BCUT2D eigenvalue weighted by atomic mass is 16.5. The van der Waals surface area contributed by atoms with Crippen LogP contribution in [0, 0.1) is 11.3 Å². The Bertz CT molecular complexity index is 475. The summed E-state index contributed by atoms with van der Waals surface area (Å²) in [5.74, 6) is 2.24. The molecule has 0 saturated heterocycles. The second kappa shape index (κ2) is 6.00. The van der Waals surface area contributed by atoms with Gasteiger partial charge in [-0.2, -0.15) is 0 Å². The van der Waals surface area contributed by atoms with Gasteiger partial charge in [0.1, 0.15) is 5.75 Å². The lowest BCUT2D eigenvalue weighted by Gasteiger charge is -2.38. The van der Waals surface area contributed by atoms with Gasteiger partial charge in [0.05, 0.1) is 6.61 Å². The highest BCUT2D eigenvalue weighted by Gasteiger charge is 2.36. The second-order valence-electron chi connectivity index (χ2n) is 8.16. The Labute approximate surface area is 130 Å². The number of fused-ring (bicyclic) bond motifs is 1. The molecule has 2 nitrogen and oxygen atoms in total. The highest BCUT2D eigenvalue weighted by molar-refractivity contribution is 5.39. The standard InChI is InChI=1S/C19H31NO/c1-14(2)19(6,13-20-18(3,4)5)11-15-12-21-17-10-8-7-9-16(15)17/h7-10,14-15,20H,11-13H2,1-6H3. The van der Waals surface area contributed by atoms with Gasteiger partial charge in [-0.3, -0.25) is 0 Å². The molecule has 1 aromatic rings. The van der Waals surface area contributed by atoms with E-state index < -0.39 is 0 Å². The van der Waals surface area contributed by atoms with Crippen molar-refractivity contribution < 1.29 is 4.74 Å². The van der Waals surface area contributed by atoms with E-state index in [-0.39, 0.29) is 11.0 Å². The Morgan fingerprint density at radius 1 is 1.19 bits per heavy atom. The molecule has 0 aromatic heterocycles. The Morgan fingerprint density at radius 3 is 2.48 bits per heavy atom. The number of para-hydroxylation sites is 1. The van der Waals surface area contributed by atoms with Crippen LogP contribution < -0.4 is 10.1 Å². The van der Waals surface area contributed by atoms with Crippen molar-refractivity contribution in [2.24, 2.45) is 11.3 Å². The molecule has 21 heavy (non-hydrogen) atoms. The first-order valence-electron chi connectivity index (χ1n) is 8.18. The number of nitrogens with one attached hydrogen (secondary N) is 1. The summed E-state index contributed by atoms with van der Waals surface area (Å²) >= 11 is 0. The summed E-state index contributed by atoms with van der Waals surface area (Å²) in [6.45, 7) is 15.7. The summed E-state index contributed by atoms with van der Waals surface area (Å²) < 4.78 is 5.86. The molecule has 0 radical (unpaired) electrons. The van der Waals surface area contributed by atoms with E-state index in [1.54, 1.807) is 0 Å². The monoisotopic (exact) mass is 289 g/mol. The average Bonchev–Trinajstić information content (AvgIpc) is 2.79. The van der Waals surface area contributed by atoms with E-state index in [0.717, 1.165) is 18.9 Å². The van der Waals surface area contributed by atoms with Crippen LogP contribution >= 0.6 is 0 Å². The Balaban J connectivity index is 2.10. The third-order valence-corrected chi connectivity index (χ3v) is 4.93. The van der Waals surface area contributed by atoms with Gasteiger partial charge in [-0.15, -0.1) is 0 Å². The minimum Gasteiger partial charge on any atom is -0.493 e. The molecule has 2 atom stereocenters. The molecular formula is C19H31NO. The number of hydrogen-bond acceptors (Lipinski definition) is 2. The van der Waals surface area contributed by atoms with E-state index in [1.807, 2.05) is 0 Å². The highest BCUT2D eigenvalue weighted by Crippen LogP contribution is 2.43. The quantitative estimate of drug-likeness (QED) is 0.855. The van der Waals surface area contributed by atoms with Crippen molar-refractivity contribution in [3.05, 3.63) is 29.8 Å². The lowest BCUT2D eigenvalue weighted by atomic mass is 9.71. The fraction of sp³-hybridized carbons (Fsp3) is 0.684. The molecule has 1 aliphatic heterocycles. The van der Waals surface area contributed by atoms with Gasteiger partial charge in [0.25, 0.3) is 0 Å². The molecule has 0 spiro atoms.